The average Bonchev–Trinajstić information content (AvgIpc) is 3.23. The second-order valence-electron chi connectivity index (χ2n) is 9.26. The topological polar surface area (TPSA) is 102 Å². The molecule has 0 saturated carbocycles. The highest BCUT2D eigenvalue weighted by molar-refractivity contribution is 5.86. The summed E-state index contributed by atoms with van der Waals surface area (Å²) in [5, 5.41) is 11.7. The molecule has 1 aliphatic heterocycles. The molecule has 3 aromatic heterocycles. The molecule has 0 radical (unpaired) electrons. The minimum Gasteiger partial charge on any atom is -0.513 e. The largest absolute Gasteiger partial charge is 0.513 e. The van der Waals surface area contributed by atoms with E-state index in [1.54, 1.807) is 30.7 Å². The van der Waals surface area contributed by atoms with Crippen LogP contribution in [0.5, 0.6) is 0 Å². The number of piperidine rings is 1. The molecule has 1 atom stereocenters. The number of anilines is 1. The molecule has 1 aliphatic rings. The first-order chi connectivity index (χ1) is 17.4. The van der Waals surface area contributed by atoms with Gasteiger partial charge in [0.25, 0.3) is 5.56 Å². The second kappa shape index (κ2) is 9.88. The van der Waals surface area contributed by atoms with Crippen molar-refractivity contribution in [1.29, 1.82) is 0 Å². The fourth-order valence-corrected chi connectivity index (χ4v) is 4.89. The molecular formula is C28H30N6O2. The SMILES string of the molecule is CC#CCn1c(N2CCCC(N)C2)nc2ccn(Cc3nc(/C=C(/C)O)cc4ccccc34)c(=O)c21. The van der Waals surface area contributed by atoms with Crippen molar-refractivity contribution in [3.05, 3.63) is 70.1 Å². The standard InChI is InChI=1S/C28H30N6O2/c1-3-4-13-34-26-24(31-28(34)33-12-7-9-21(29)17-33)11-14-32(27(26)36)18-25-23-10-6-5-8-20(23)16-22(30-25)15-19(2)35/h5-6,8,10-11,14-16,21,35H,7,9,12-13,17-18,29H2,1-2H3/b19-15-. The Morgan fingerprint density at radius 2 is 2.11 bits per heavy atom. The lowest BCUT2D eigenvalue weighted by Crippen LogP contribution is -2.44. The van der Waals surface area contributed by atoms with Crippen molar-refractivity contribution < 1.29 is 5.11 Å². The van der Waals surface area contributed by atoms with E-state index in [0.717, 1.165) is 41.8 Å². The van der Waals surface area contributed by atoms with Crippen LogP contribution in [0.2, 0.25) is 0 Å². The summed E-state index contributed by atoms with van der Waals surface area (Å²) < 4.78 is 3.59. The van der Waals surface area contributed by atoms with Gasteiger partial charge in [0, 0.05) is 36.8 Å². The van der Waals surface area contributed by atoms with Crippen LogP contribution in [0.3, 0.4) is 0 Å². The van der Waals surface area contributed by atoms with Crippen LogP contribution in [0.25, 0.3) is 27.9 Å². The van der Waals surface area contributed by atoms with Gasteiger partial charge in [0.2, 0.25) is 5.95 Å². The summed E-state index contributed by atoms with van der Waals surface area (Å²) in [4.78, 5) is 25.6. The fraction of sp³-hybridized carbons (Fsp3) is 0.321. The number of aromatic nitrogens is 4. The van der Waals surface area contributed by atoms with Crippen molar-refractivity contribution in [2.45, 2.75) is 45.8 Å². The Labute approximate surface area is 209 Å². The number of benzene rings is 1. The van der Waals surface area contributed by atoms with Gasteiger partial charge in [-0.1, -0.05) is 30.2 Å². The number of nitrogens with two attached hydrogens (primary N) is 1. The Hall–Kier alpha value is -4.09. The molecule has 0 bridgehead atoms. The fourth-order valence-electron chi connectivity index (χ4n) is 4.89. The molecule has 0 aliphatic carbocycles. The molecule has 1 saturated heterocycles. The Kier molecular flexibility index (Phi) is 6.49. The number of hydrogen-bond acceptors (Lipinski definition) is 6. The lowest BCUT2D eigenvalue weighted by atomic mass is 10.1. The first-order valence-corrected chi connectivity index (χ1v) is 12.2. The lowest BCUT2D eigenvalue weighted by molar-refractivity contribution is 0.419. The zero-order chi connectivity index (χ0) is 25.2. The smallest absolute Gasteiger partial charge is 0.277 e. The first kappa shape index (κ1) is 23.6. The van der Waals surface area contributed by atoms with Crippen molar-refractivity contribution in [3.8, 4) is 11.8 Å². The van der Waals surface area contributed by atoms with Crippen LogP contribution in [0.4, 0.5) is 5.95 Å². The molecule has 1 fully saturated rings. The monoisotopic (exact) mass is 482 g/mol. The third kappa shape index (κ3) is 4.58. The van der Waals surface area contributed by atoms with Crippen molar-refractivity contribution in [3.63, 3.8) is 0 Å². The number of rotatable bonds is 5. The molecule has 3 N–H and O–H groups in total. The number of hydrogen-bond donors (Lipinski definition) is 2. The number of imidazole rings is 1. The van der Waals surface area contributed by atoms with E-state index >= 15 is 0 Å². The average molecular weight is 483 g/mol. The summed E-state index contributed by atoms with van der Waals surface area (Å²) in [5.74, 6) is 6.96. The van der Waals surface area contributed by atoms with Crippen molar-refractivity contribution in [2.75, 3.05) is 18.0 Å². The Bertz CT molecular complexity index is 1580. The molecule has 8 heteroatoms. The van der Waals surface area contributed by atoms with Gasteiger partial charge in [-0.3, -0.25) is 14.3 Å². The summed E-state index contributed by atoms with van der Waals surface area (Å²) in [6, 6.07) is 11.8. The highest BCUT2D eigenvalue weighted by Gasteiger charge is 2.24. The molecule has 8 nitrogen and oxygen atoms in total. The summed E-state index contributed by atoms with van der Waals surface area (Å²) >= 11 is 0. The van der Waals surface area contributed by atoms with Crippen LogP contribution in [0.1, 0.15) is 38.1 Å². The van der Waals surface area contributed by atoms with Gasteiger partial charge in [-0.15, -0.1) is 5.92 Å². The third-order valence-corrected chi connectivity index (χ3v) is 6.52. The van der Waals surface area contributed by atoms with Crippen molar-refractivity contribution >= 4 is 33.8 Å². The van der Waals surface area contributed by atoms with Crippen LogP contribution < -0.4 is 16.2 Å². The first-order valence-electron chi connectivity index (χ1n) is 12.2. The quantitative estimate of drug-likeness (QED) is 0.332. The Morgan fingerprint density at radius 1 is 1.28 bits per heavy atom. The van der Waals surface area contributed by atoms with Gasteiger partial charge in [-0.25, -0.2) is 4.98 Å². The molecule has 0 spiro atoms. The predicted octanol–water partition coefficient (Wildman–Crippen LogP) is 3.66. The maximum atomic E-state index is 13.8. The molecule has 36 heavy (non-hydrogen) atoms. The molecule has 4 heterocycles. The molecule has 5 rings (SSSR count). The van der Waals surface area contributed by atoms with Crippen molar-refractivity contribution in [1.82, 2.24) is 19.1 Å². The zero-order valence-electron chi connectivity index (χ0n) is 20.6. The van der Waals surface area contributed by atoms with Gasteiger partial charge in [-0.05, 0) is 44.2 Å². The number of nitrogens with zero attached hydrogens (tertiary/aromatic N) is 5. The molecule has 184 valence electrons. The molecule has 1 aromatic carbocycles. The summed E-state index contributed by atoms with van der Waals surface area (Å²) in [7, 11) is 0. The molecule has 4 aromatic rings. The van der Waals surface area contributed by atoms with Gasteiger partial charge in [0.1, 0.15) is 5.52 Å². The number of aliphatic hydroxyl groups is 1. The predicted molar refractivity (Wildman–Crippen MR) is 144 cm³/mol. The van der Waals surface area contributed by atoms with Crippen LogP contribution in [0, 0.1) is 11.8 Å². The van der Waals surface area contributed by atoms with Crippen molar-refractivity contribution in [2.24, 2.45) is 5.73 Å². The zero-order valence-corrected chi connectivity index (χ0v) is 20.6. The Balaban J connectivity index is 1.63. The van der Waals surface area contributed by atoms with Crippen LogP contribution in [-0.4, -0.2) is 43.3 Å². The van der Waals surface area contributed by atoms with Gasteiger partial charge in [0.05, 0.1) is 35.8 Å². The van der Waals surface area contributed by atoms with E-state index in [1.807, 2.05) is 41.0 Å². The van der Waals surface area contributed by atoms with E-state index in [0.29, 0.717) is 29.8 Å². The maximum absolute atomic E-state index is 13.8. The number of aliphatic hydroxyl groups excluding tert-OH is 1. The maximum Gasteiger partial charge on any atom is 0.277 e. The number of fused-ring (bicyclic) bond motifs is 2. The van der Waals surface area contributed by atoms with Gasteiger partial charge >= 0.3 is 0 Å². The number of pyridine rings is 2. The third-order valence-electron chi connectivity index (χ3n) is 6.52. The molecule has 1 unspecified atom stereocenters. The number of allylic oxidation sites excluding steroid dienone is 1. The van der Waals surface area contributed by atoms with Gasteiger partial charge in [-0.2, -0.15) is 0 Å². The summed E-state index contributed by atoms with van der Waals surface area (Å²) in [6.45, 7) is 5.63. The van der Waals surface area contributed by atoms with E-state index < -0.39 is 0 Å². The summed E-state index contributed by atoms with van der Waals surface area (Å²) in [5.41, 5.74) is 8.66. The highest BCUT2D eigenvalue weighted by atomic mass is 16.3. The van der Waals surface area contributed by atoms with E-state index in [-0.39, 0.29) is 23.9 Å². The Morgan fingerprint density at radius 3 is 2.89 bits per heavy atom. The lowest BCUT2D eigenvalue weighted by Gasteiger charge is -2.31. The molecular weight excluding hydrogens is 452 g/mol. The second-order valence-corrected chi connectivity index (χ2v) is 9.26. The van der Waals surface area contributed by atoms with Gasteiger partial charge < -0.3 is 20.3 Å². The van der Waals surface area contributed by atoms with E-state index in [1.165, 1.54) is 0 Å². The minimum absolute atomic E-state index is 0.0872. The van der Waals surface area contributed by atoms with E-state index in [9.17, 15) is 9.90 Å². The van der Waals surface area contributed by atoms with E-state index in [2.05, 4.69) is 16.7 Å². The van der Waals surface area contributed by atoms with Crippen LogP contribution in [-0.2, 0) is 13.1 Å². The van der Waals surface area contributed by atoms with E-state index in [4.69, 9.17) is 15.7 Å². The minimum atomic E-state index is -0.143. The molecule has 0 amide bonds. The van der Waals surface area contributed by atoms with Crippen LogP contribution in [0.15, 0.2) is 53.1 Å². The highest BCUT2D eigenvalue weighted by Crippen LogP contribution is 2.24. The summed E-state index contributed by atoms with van der Waals surface area (Å²) in [6.07, 6.45) is 5.37. The van der Waals surface area contributed by atoms with Crippen LogP contribution >= 0.6 is 0 Å². The van der Waals surface area contributed by atoms with Gasteiger partial charge in [0.15, 0.2) is 0 Å². The normalized spacial score (nSPS) is 16.4.